The molecule has 0 amide bonds. The summed E-state index contributed by atoms with van der Waals surface area (Å²) in [6.45, 7) is 5.16. The topological polar surface area (TPSA) is 52.8 Å². The fourth-order valence-corrected chi connectivity index (χ4v) is 10.6. The number of thioether (sulfide) groups is 2. The Morgan fingerprint density at radius 2 is 1.22 bits per heavy atom. The number of unbranched alkanes of at least 4 members (excludes halogenated alkanes) is 18. The molecule has 284 valence electrons. The average molecular weight is 802 g/mol. The highest BCUT2D eigenvalue weighted by Crippen LogP contribution is 2.48. The summed E-state index contributed by atoms with van der Waals surface area (Å²) in [6.07, 6.45) is 28.4. The van der Waals surface area contributed by atoms with Gasteiger partial charge in [0.1, 0.15) is 12.9 Å². The van der Waals surface area contributed by atoms with Gasteiger partial charge in [-0.05, 0) is 52.4 Å². The monoisotopic (exact) mass is 800 g/mol. The highest BCUT2D eigenvalue weighted by molar-refractivity contribution is 9.10. The Labute approximate surface area is 327 Å². The van der Waals surface area contributed by atoms with Crippen molar-refractivity contribution in [3.05, 3.63) is 64.3 Å². The van der Waals surface area contributed by atoms with Gasteiger partial charge in [-0.2, -0.15) is 0 Å². The Morgan fingerprint density at radius 1 is 0.725 bits per heavy atom. The van der Waals surface area contributed by atoms with E-state index in [0.29, 0.717) is 16.9 Å². The average Bonchev–Trinajstić information content (AvgIpc) is 3.42. The number of esters is 1. The Kier molecular flexibility index (Phi) is 23.6. The second kappa shape index (κ2) is 27.7. The van der Waals surface area contributed by atoms with Gasteiger partial charge in [-0.15, -0.1) is 23.5 Å². The molecule has 0 aliphatic rings. The lowest BCUT2D eigenvalue weighted by Gasteiger charge is -2.18. The number of fused-ring (bicyclic) bond motifs is 1. The first kappa shape index (κ1) is 43.5. The SMILES string of the molecule is CCCCCCCCCCCCSC(SCCCCCCCCCCCC)c1c(Br)n(Cc2ccccc2OC(=O)C=NOC)c2ccccc12. The van der Waals surface area contributed by atoms with E-state index in [9.17, 15) is 4.79 Å². The summed E-state index contributed by atoms with van der Waals surface area (Å²) < 4.78 is 9.46. The predicted octanol–water partition coefficient (Wildman–Crippen LogP) is 14.3. The molecule has 0 saturated carbocycles. The van der Waals surface area contributed by atoms with Gasteiger partial charge in [0.15, 0.2) is 6.21 Å². The van der Waals surface area contributed by atoms with Crippen LogP contribution in [-0.2, 0) is 16.2 Å². The number of hydrogen-bond acceptors (Lipinski definition) is 6. The zero-order valence-corrected chi connectivity index (χ0v) is 35.1. The van der Waals surface area contributed by atoms with Gasteiger partial charge in [-0.3, -0.25) is 0 Å². The van der Waals surface area contributed by atoms with Crippen molar-refractivity contribution in [2.45, 2.75) is 153 Å². The maximum Gasteiger partial charge on any atom is 0.358 e. The van der Waals surface area contributed by atoms with Crippen LogP contribution in [0.3, 0.4) is 0 Å². The Balaban J connectivity index is 1.67. The van der Waals surface area contributed by atoms with Gasteiger partial charge in [-0.25, -0.2) is 4.79 Å². The molecule has 0 spiro atoms. The molecule has 8 heteroatoms. The summed E-state index contributed by atoms with van der Waals surface area (Å²) in [6, 6.07) is 16.5. The summed E-state index contributed by atoms with van der Waals surface area (Å²) in [5.74, 6) is 2.33. The van der Waals surface area contributed by atoms with Crippen LogP contribution in [0.15, 0.2) is 58.3 Å². The number of carbonyl (C=O) groups excluding carboxylic acids is 1. The smallest absolute Gasteiger partial charge is 0.358 e. The number of benzene rings is 2. The van der Waals surface area contributed by atoms with Gasteiger partial charge in [0.05, 0.1) is 15.7 Å². The molecule has 0 fully saturated rings. The molecule has 3 rings (SSSR count). The van der Waals surface area contributed by atoms with E-state index in [1.54, 1.807) is 0 Å². The number of oxime groups is 1. The van der Waals surface area contributed by atoms with Crippen LogP contribution in [0.4, 0.5) is 0 Å². The molecule has 0 unspecified atom stereocenters. The second-order valence-electron chi connectivity index (χ2n) is 13.7. The van der Waals surface area contributed by atoms with Crippen LogP contribution < -0.4 is 4.74 Å². The van der Waals surface area contributed by atoms with E-state index in [4.69, 9.17) is 4.74 Å². The molecule has 0 bridgehead atoms. The molecular weight excluding hydrogens is 737 g/mol. The van der Waals surface area contributed by atoms with Crippen molar-refractivity contribution in [1.29, 1.82) is 0 Å². The quantitative estimate of drug-likeness (QED) is 0.0168. The number of halogens is 1. The first-order valence-corrected chi connectivity index (χ1v) is 22.9. The van der Waals surface area contributed by atoms with Gasteiger partial charge in [0, 0.05) is 22.0 Å². The predicted molar refractivity (Wildman–Crippen MR) is 228 cm³/mol. The molecule has 5 nitrogen and oxygen atoms in total. The Morgan fingerprint density at radius 3 is 1.76 bits per heavy atom. The lowest BCUT2D eigenvalue weighted by molar-refractivity contribution is -0.126. The van der Waals surface area contributed by atoms with E-state index < -0.39 is 5.97 Å². The van der Waals surface area contributed by atoms with E-state index in [-0.39, 0.29) is 0 Å². The maximum absolute atomic E-state index is 12.4. The van der Waals surface area contributed by atoms with Crippen molar-refractivity contribution in [2.75, 3.05) is 18.6 Å². The first-order valence-electron chi connectivity index (χ1n) is 20.0. The minimum Gasteiger partial charge on any atom is -0.422 e. The fraction of sp³-hybridized carbons (Fsp3) is 0.628. The lowest BCUT2D eigenvalue weighted by atomic mass is 10.1. The highest BCUT2D eigenvalue weighted by atomic mass is 79.9. The number of rotatable bonds is 30. The molecule has 0 aliphatic carbocycles. The second-order valence-corrected chi connectivity index (χ2v) is 17.2. The van der Waals surface area contributed by atoms with Crippen molar-refractivity contribution >= 4 is 62.5 Å². The van der Waals surface area contributed by atoms with Crippen LogP contribution in [0.25, 0.3) is 10.9 Å². The Hall–Kier alpha value is -1.90. The summed E-state index contributed by atoms with van der Waals surface area (Å²) >= 11 is 8.35. The van der Waals surface area contributed by atoms with Crippen molar-refractivity contribution in [2.24, 2.45) is 5.16 Å². The standard InChI is InChI=1S/C43H65BrN2O3S2/c1-4-6-8-10-12-14-16-18-20-26-32-50-43(51-33-27-21-19-17-15-13-11-9-7-5-2)41-37-29-23-24-30-38(37)46(42(41)44)35-36-28-22-25-31-39(36)49-40(47)34-45-48-3/h22-25,28-31,34,43H,4-21,26-27,32-33,35H2,1-3H3. The van der Waals surface area contributed by atoms with Crippen LogP contribution in [0.5, 0.6) is 5.75 Å². The summed E-state index contributed by atoms with van der Waals surface area (Å²) in [5.41, 5.74) is 3.49. The van der Waals surface area contributed by atoms with E-state index in [0.717, 1.165) is 16.4 Å². The molecule has 0 aliphatic heterocycles. The largest absolute Gasteiger partial charge is 0.422 e. The molecular formula is C43H65BrN2O3S2. The minimum absolute atomic E-state index is 0.348. The highest BCUT2D eigenvalue weighted by Gasteiger charge is 2.24. The third-order valence-electron chi connectivity index (χ3n) is 9.49. The minimum atomic E-state index is -0.562. The maximum atomic E-state index is 12.4. The summed E-state index contributed by atoms with van der Waals surface area (Å²) in [5, 5.41) is 4.86. The number of aromatic nitrogens is 1. The molecule has 1 aromatic heterocycles. The lowest BCUT2D eigenvalue weighted by Crippen LogP contribution is -2.12. The third kappa shape index (κ3) is 16.8. The van der Waals surface area contributed by atoms with Crippen LogP contribution in [0.1, 0.15) is 158 Å². The summed E-state index contributed by atoms with van der Waals surface area (Å²) in [7, 11) is 1.41. The zero-order valence-electron chi connectivity index (χ0n) is 31.9. The molecule has 2 aromatic carbocycles. The van der Waals surface area contributed by atoms with E-state index in [1.165, 1.54) is 163 Å². The molecule has 1 heterocycles. The van der Waals surface area contributed by atoms with Gasteiger partial charge in [-0.1, -0.05) is 171 Å². The number of nitrogens with zero attached hydrogens (tertiary/aromatic N) is 2. The molecule has 0 N–H and O–H groups in total. The van der Waals surface area contributed by atoms with Gasteiger partial charge in [0.2, 0.25) is 0 Å². The normalized spacial score (nSPS) is 11.7. The first-order chi connectivity index (χ1) is 25.1. The van der Waals surface area contributed by atoms with Crippen LogP contribution in [-0.4, -0.2) is 35.4 Å². The number of ether oxygens (including phenoxy) is 1. The van der Waals surface area contributed by atoms with Gasteiger partial charge >= 0.3 is 5.97 Å². The molecule has 0 radical (unpaired) electrons. The van der Waals surface area contributed by atoms with E-state index >= 15 is 0 Å². The van der Waals surface area contributed by atoms with Crippen LogP contribution in [0.2, 0.25) is 0 Å². The van der Waals surface area contributed by atoms with Crippen molar-refractivity contribution < 1.29 is 14.4 Å². The number of para-hydroxylation sites is 2. The van der Waals surface area contributed by atoms with Gasteiger partial charge < -0.3 is 14.1 Å². The zero-order chi connectivity index (χ0) is 36.4. The van der Waals surface area contributed by atoms with Crippen molar-refractivity contribution in [3.8, 4) is 5.75 Å². The summed E-state index contributed by atoms with van der Waals surface area (Å²) in [4.78, 5) is 17.0. The molecule has 51 heavy (non-hydrogen) atoms. The van der Waals surface area contributed by atoms with E-state index in [2.05, 4.69) is 92.1 Å². The van der Waals surface area contributed by atoms with Crippen molar-refractivity contribution in [3.63, 3.8) is 0 Å². The number of carbonyl (C=O) groups is 1. The fourth-order valence-electron chi connectivity index (χ4n) is 6.59. The molecule has 0 saturated heterocycles. The van der Waals surface area contributed by atoms with Gasteiger partial charge in [0.25, 0.3) is 0 Å². The Bertz CT molecular complexity index is 1370. The molecule has 3 aromatic rings. The van der Waals surface area contributed by atoms with Crippen LogP contribution in [0, 0.1) is 0 Å². The van der Waals surface area contributed by atoms with Crippen molar-refractivity contribution in [1.82, 2.24) is 4.57 Å². The molecule has 0 atom stereocenters. The number of hydrogen-bond donors (Lipinski definition) is 0. The van der Waals surface area contributed by atoms with Crippen LogP contribution >= 0.6 is 39.5 Å². The van der Waals surface area contributed by atoms with E-state index in [1.807, 2.05) is 24.3 Å². The third-order valence-corrected chi connectivity index (χ3v) is 13.3.